The van der Waals surface area contributed by atoms with Gasteiger partial charge in [0, 0.05) is 63.0 Å². The minimum Gasteiger partial charge on any atom is -0.508 e. The summed E-state index contributed by atoms with van der Waals surface area (Å²) in [4.78, 5) is 21.4. The number of aliphatic hydroxyl groups is 1. The molecule has 0 aliphatic carbocycles. The maximum Gasteiger partial charge on any atom is 0.249 e. The lowest BCUT2D eigenvalue weighted by atomic mass is 9.90. The molecule has 1 aromatic carbocycles. The summed E-state index contributed by atoms with van der Waals surface area (Å²) in [5.41, 5.74) is 8.91. The molecule has 0 unspecified atom stereocenters. The van der Waals surface area contributed by atoms with Crippen LogP contribution in [-0.2, 0) is 19.4 Å². The molecule has 1 amide bonds. The summed E-state index contributed by atoms with van der Waals surface area (Å²) in [5, 5.41) is 23.9. The van der Waals surface area contributed by atoms with Crippen LogP contribution in [0.15, 0.2) is 30.5 Å². The summed E-state index contributed by atoms with van der Waals surface area (Å²) in [6, 6.07) is 7.44. The molecular weight excluding hydrogens is 406 g/mol. The van der Waals surface area contributed by atoms with Gasteiger partial charge in [0.2, 0.25) is 5.91 Å². The van der Waals surface area contributed by atoms with E-state index in [9.17, 15) is 15.0 Å². The highest BCUT2D eigenvalue weighted by Gasteiger charge is 2.27. The van der Waals surface area contributed by atoms with Crippen molar-refractivity contribution in [2.24, 2.45) is 5.73 Å². The Hall–Kier alpha value is -2.68. The first-order valence-electron chi connectivity index (χ1n) is 11.3. The SMILES string of the molecule is CC(C)N1CCN(c2cc(C(N)=O)c(C[C@@H](O)[C@@H]3Cc4ccc(O)cc4CN3)cn2)CC1. The van der Waals surface area contributed by atoms with Gasteiger partial charge in [0.15, 0.2) is 0 Å². The Labute approximate surface area is 189 Å². The second kappa shape index (κ2) is 9.44. The number of hydrogen-bond acceptors (Lipinski definition) is 7. The minimum absolute atomic E-state index is 0.156. The van der Waals surface area contributed by atoms with E-state index in [1.165, 1.54) is 0 Å². The lowest BCUT2D eigenvalue weighted by molar-refractivity contribution is 0.0995. The van der Waals surface area contributed by atoms with E-state index in [0.717, 1.165) is 43.1 Å². The van der Waals surface area contributed by atoms with Gasteiger partial charge in [-0.2, -0.15) is 0 Å². The monoisotopic (exact) mass is 439 g/mol. The van der Waals surface area contributed by atoms with Gasteiger partial charge in [0.1, 0.15) is 11.6 Å². The number of rotatable bonds is 6. The van der Waals surface area contributed by atoms with Crippen LogP contribution in [0.2, 0.25) is 0 Å². The number of nitrogens with two attached hydrogens (primary N) is 1. The number of carbonyl (C=O) groups excluding carboxylic acids is 1. The summed E-state index contributed by atoms with van der Waals surface area (Å²) >= 11 is 0. The first kappa shape index (κ1) is 22.5. The van der Waals surface area contributed by atoms with E-state index in [1.54, 1.807) is 24.4 Å². The summed E-state index contributed by atoms with van der Waals surface area (Å²) < 4.78 is 0. The predicted octanol–water partition coefficient (Wildman–Crippen LogP) is 1.03. The van der Waals surface area contributed by atoms with Gasteiger partial charge in [-0.1, -0.05) is 6.07 Å². The lowest BCUT2D eigenvalue weighted by Crippen LogP contribution is -2.49. The van der Waals surface area contributed by atoms with Crippen LogP contribution in [0.25, 0.3) is 0 Å². The Morgan fingerprint density at radius 1 is 1.22 bits per heavy atom. The van der Waals surface area contributed by atoms with Crippen molar-refractivity contribution in [2.45, 2.75) is 51.4 Å². The van der Waals surface area contributed by atoms with Crippen LogP contribution in [0.1, 0.15) is 40.9 Å². The molecule has 0 spiro atoms. The molecular formula is C24H33N5O3. The van der Waals surface area contributed by atoms with E-state index in [0.29, 0.717) is 30.1 Å². The van der Waals surface area contributed by atoms with E-state index >= 15 is 0 Å². The molecule has 32 heavy (non-hydrogen) atoms. The highest BCUT2D eigenvalue weighted by atomic mass is 16.3. The van der Waals surface area contributed by atoms with Crippen LogP contribution in [-0.4, -0.2) is 70.4 Å². The number of anilines is 1. The van der Waals surface area contributed by atoms with Crippen LogP contribution >= 0.6 is 0 Å². The average molecular weight is 440 g/mol. The third-order valence-electron chi connectivity index (χ3n) is 6.68. The molecule has 2 aliphatic heterocycles. The Morgan fingerprint density at radius 3 is 2.66 bits per heavy atom. The van der Waals surface area contributed by atoms with Crippen molar-refractivity contribution in [3.05, 3.63) is 52.7 Å². The van der Waals surface area contributed by atoms with E-state index in [-0.39, 0.29) is 18.2 Å². The number of nitrogens with one attached hydrogen (secondary N) is 1. The number of amides is 1. The van der Waals surface area contributed by atoms with Crippen LogP contribution in [0.3, 0.4) is 0 Å². The number of phenols is 1. The van der Waals surface area contributed by atoms with E-state index in [2.05, 4.69) is 33.9 Å². The third kappa shape index (κ3) is 4.87. The first-order chi connectivity index (χ1) is 15.3. The van der Waals surface area contributed by atoms with Crippen LogP contribution in [0.5, 0.6) is 5.75 Å². The zero-order valence-electron chi connectivity index (χ0n) is 18.8. The molecule has 4 rings (SSSR count). The number of phenolic OH excluding ortho intramolecular Hbond substituents is 1. The Balaban J connectivity index is 1.45. The van der Waals surface area contributed by atoms with Crippen molar-refractivity contribution < 1.29 is 15.0 Å². The number of aromatic nitrogens is 1. The topological polar surface area (TPSA) is 115 Å². The smallest absolute Gasteiger partial charge is 0.249 e. The first-order valence-corrected chi connectivity index (χ1v) is 11.3. The number of fused-ring (bicyclic) bond motifs is 1. The molecule has 3 heterocycles. The van der Waals surface area contributed by atoms with Crippen molar-refractivity contribution >= 4 is 11.7 Å². The fourth-order valence-electron chi connectivity index (χ4n) is 4.67. The van der Waals surface area contributed by atoms with Crippen molar-refractivity contribution in [3.8, 4) is 5.75 Å². The van der Waals surface area contributed by atoms with Gasteiger partial charge < -0.3 is 26.2 Å². The molecule has 1 saturated heterocycles. The number of carbonyl (C=O) groups is 1. The van der Waals surface area contributed by atoms with Crippen molar-refractivity contribution in [3.63, 3.8) is 0 Å². The summed E-state index contributed by atoms with van der Waals surface area (Å²) in [6.07, 6.45) is 1.92. The van der Waals surface area contributed by atoms with E-state index in [1.807, 2.05) is 6.07 Å². The zero-order valence-corrected chi connectivity index (χ0v) is 18.8. The standard InChI is InChI=1S/C24H33N5O3/c1-15(2)28-5-7-29(8-6-28)23-12-20(24(25)32)18(14-27-23)11-22(31)21-10-16-3-4-19(30)9-17(16)13-26-21/h3-4,9,12,14-15,21-22,26,30-31H,5-8,10-11,13H2,1-2H3,(H2,25,32)/t21-,22+/m0/s1. The second-order valence-electron chi connectivity index (χ2n) is 9.10. The predicted molar refractivity (Wildman–Crippen MR) is 124 cm³/mol. The van der Waals surface area contributed by atoms with Gasteiger partial charge >= 0.3 is 0 Å². The molecule has 0 bridgehead atoms. The fourth-order valence-corrected chi connectivity index (χ4v) is 4.67. The highest BCUT2D eigenvalue weighted by Crippen LogP contribution is 2.25. The highest BCUT2D eigenvalue weighted by molar-refractivity contribution is 5.95. The fraction of sp³-hybridized carbons (Fsp3) is 0.500. The van der Waals surface area contributed by atoms with Gasteiger partial charge in [-0.15, -0.1) is 0 Å². The zero-order chi connectivity index (χ0) is 22.8. The number of nitrogens with zero attached hydrogens (tertiary/aromatic N) is 3. The Bertz CT molecular complexity index is 972. The maximum absolute atomic E-state index is 12.2. The molecule has 2 aromatic rings. The van der Waals surface area contributed by atoms with Crippen LogP contribution in [0, 0.1) is 0 Å². The number of aliphatic hydroxyl groups excluding tert-OH is 1. The molecule has 2 aliphatic rings. The molecule has 0 saturated carbocycles. The van der Waals surface area contributed by atoms with Crippen LogP contribution in [0.4, 0.5) is 5.82 Å². The number of aromatic hydroxyl groups is 1. The molecule has 5 N–H and O–H groups in total. The molecule has 0 radical (unpaired) electrons. The van der Waals surface area contributed by atoms with Gasteiger partial charge in [-0.3, -0.25) is 9.69 Å². The number of piperazine rings is 1. The van der Waals surface area contributed by atoms with Crippen molar-refractivity contribution in [2.75, 3.05) is 31.1 Å². The van der Waals surface area contributed by atoms with Crippen molar-refractivity contribution in [1.82, 2.24) is 15.2 Å². The second-order valence-corrected chi connectivity index (χ2v) is 9.10. The molecule has 1 fully saturated rings. The quantitative estimate of drug-likeness (QED) is 0.532. The minimum atomic E-state index is -0.697. The number of benzene rings is 1. The maximum atomic E-state index is 12.2. The normalized spacial score (nSPS) is 20.2. The average Bonchev–Trinajstić information content (AvgIpc) is 2.78. The van der Waals surface area contributed by atoms with E-state index < -0.39 is 12.0 Å². The Kier molecular flexibility index (Phi) is 6.64. The number of primary amides is 1. The van der Waals surface area contributed by atoms with Gasteiger partial charge in [-0.05, 0) is 55.2 Å². The van der Waals surface area contributed by atoms with Gasteiger partial charge in [-0.25, -0.2) is 4.98 Å². The summed E-state index contributed by atoms with van der Waals surface area (Å²) in [7, 11) is 0. The largest absolute Gasteiger partial charge is 0.508 e. The summed E-state index contributed by atoms with van der Waals surface area (Å²) in [6.45, 7) is 8.59. The lowest BCUT2D eigenvalue weighted by Gasteiger charge is -2.37. The summed E-state index contributed by atoms with van der Waals surface area (Å²) in [5.74, 6) is 0.492. The van der Waals surface area contributed by atoms with E-state index in [4.69, 9.17) is 5.73 Å². The molecule has 2 atom stereocenters. The number of hydrogen-bond donors (Lipinski definition) is 4. The number of pyridine rings is 1. The van der Waals surface area contributed by atoms with Crippen molar-refractivity contribution in [1.29, 1.82) is 0 Å². The molecule has 8 heteroatoms. The third-order valence-corrected chi connectivity index (χ3v) is 6.68. The van der Waals surface area contributed by atoms with Gasteiger partial charge in [0.25, 0.3) is 0 Å². The van der Waals surface area contributed by atoms with Crippen LogP contribution < -0.4 is 16.0 Å². The molecule has 172 valence electrons. The Morgan fingerprint density at radius 2 is 1.97 bits per heavy atom. The molecule has 8 nitrogen and oxygen atoms in total. The van der Waals surface area contributed by atoms with Gasteiger partial charge in [0.05, 0.1) is 6.10 Å². The molecule has 1 aromatic heterocycles.